The Kier molecular flexibility index (Phi) is 3.08. The van der Waals surface area contributed by atoms with Gasteiger partial charge in [-0.25, -0.2) is 13.1 Å². The van der Waals surface area contributed by atoms with Crippen LogP contribution in [0.1, 0.15) is 12.8 Å². The Bertz CT molecular complexity index is 544. The largest absolute Gasteiger partial charge is 0.506 e. The highest BCUT2D eigenvalue weighted by Crippen LogP contribution is 2.23. The number of aromatic hydroxyl groups is 1. The molecule has 6 heteroatoms. The molecule has 0 spiro atoms. The molecular formula is C11H14N2O3S. The topological polar surface area (TPSA) is 92.4 Å². The van der Waals surface area contributed by atoms with Crippen LogP contribution in [-0.4, -0.2) is 19.6 Å². The Labute approximate surface area is 100 Å². The van der Waals surface area contributed by atoms with E-state index < -0.39 is 10.0 Å². The third-order valence-electron chi connectivity index (χ3n) is 2.64. The van der Waals surface area contributed by atoms with Crippen molar-refractivity contribution in [2.45, 2.75) is 23.8 Å². The molecule has 0 unspecified atom stereocenters. The number of benzene rings is 1. The number of sulfonamides is 1. The van der Waals surface area contributed by atoms with Gasteiger partial charge >= 0.3 is 0 Å². The summed E-state index contributed by atoms with van der Waals surface area (Å²) < 4.78 is 26.5. The van der Waals surface area contributed by atoms with Gasteiger partial charge in [0, 0.05) is 6.04 Å². The van der Waals surface area contributed by atoms with Gasteiger partial charge in [0.15, 0.2) is 0 Å². The second-order valence-corrected chi connectivity index (χ2v) is 5.70. The molecule has 0 bridgehead atoms. The molecule has 0 heterocycles. The van der Waals surface area contributed by atoms with Crippen LogP contribution in [0.3, 0.4) is 0 Å². The third-order valence-corrected chi connectivity index (χ3v) is 4.16. The maximum atomic E-state index is 12.0. The van der Waals surface area contributed by atoms with E-state index in [4.69, 9.17) is 5.73 Å². The fourth-order valence-electron chi connectivity index (χ4n) is 1.70. The van der Waals surface area contributed by atoms with Gasteiger partial charge in [-0.15, -0.1) is 0 Å². The summed E-state index contributed by atoms with van der Waals surface area (Å²) in [6.07, 6.45) is 5.29. The Morgan fingerprint density at radius 1 is 1.29 bits per heavy atom. The normalized spacial score (nSPS) is 16.5. The van der Waals surface area contributed by atoms with Crippen LogP contribution in [0.5, 0.6) is 5.75 Å². The molecule has 17 heavy (non-hydrogen) atoms. The number of nitrogens with one attached hydrogen (secondary N) is 1. The quantitative estimate of drug-likeness (QED) is 0.426. The van der Waals surface area contributed by atoms with Crippen molar-refractivity contribution in [3.63, 3.8) is 0 Å². The average Bonchev–Trinajstić information content (AvgIpc) is 2.73. The molecule has 1 aromatic carbocycles. The van der Waals surface area contributed by atoms with Gasteiger partial charge in [0.1, 0.15) is 5.75 Å². The molecule has 0 atom stereocenters. The standard InChI is InChI=1S/C11H14N2O3S/c12-10-7-9(5-6-11(10)14)17(15,16)13-8-3-1-2-4-8/h1-2,5-8,13-14H,3-4,12H2. The van der Waals surface area contributed by atoms with Gasteiger partial charge < -0.3 is 10.8 Å². The first-order valence-electron chi connectivity index (χ1n) is 5.25. The molecule has 4 N–H and O–H groups in total. The summed E-state index contributed by atoms with van der Waals surface area (Å²) in [5.74, 6) is -0.119. The number of nitrogen functional groups attached to an aromatic ring is 1. The lowest BCUT2D eigenvalue weighted by Crippen LogP contribution is -2.32. The summed E-state index contributed by atoms with van der Waals surface area (Å²) in [4.78, 5) is 0.0692. The fraction of sp³-hybridized carbons (Fsp3) is 0.273. The van der Waals surface area contributed by atoms with Gasteiger partial charge in [-0.1, -0.05) is 12.2 Å². The SMILES string of the molecule is Nc1cc(S(=O)(=O)NC2CC=CC2)ccc1O. The Morgan fingerprint density at radius 3 is 2.53 bits per heavy atom. The molecule has 1 aromatic rings. The van der Waals surface area contributed by atoms with Gasteiger partial charge in [0.2, 0.25) is 10.0 Å². The minimum atomic E-state index is -3.56. The summed E-state index contributed by atoms with van der Waals surface area (Å²) in [5.41, 5.74) is 5.52. The van der Waals surface area contributed by atoms with Gasteiger partial charge in [0.05, 0.1) is 10.6 Å². The fourth-order valence-corrected chi connectivity index (χ4v) is 3.00. The van der Waals surface area contributed by atoms with E-state index in [1.165, 1.54) is 18.2 Å². The molecule has 0 saturated carbocycles. The Balaban J connectivity index is 2.22. The molecule has 1 aliphatic rings. The molecule has 0 amide bonds. The smallest absolute Gasteiger partial charge is 0.240 e. The molecule has 5 nitrogen and oxygen atoms in total. The van der Waals surface area contributed by atoms with Gasteiger partial charge in [-0.2, -0.15) is 0 Å². The van der Waals surface area contributed by atoms with Crippen molar-refractivity contribution in [2.24, 2.45) is 0 Å². The number of anilines is 1. The second-order valence-electron chi connectivity index (χ2n) is 3.98. The number of phenols is 1. The molecule has 92 valence electrons. The van der Waals surface area contributed by atoms with Crippen LogP contribution in [0.25, 0.3) is 0 Å². The predicted octanol–water partition coefficient (Wildman–Crippen LogP) is 0.971. The number of rotatable bonds is 3. The van der Waals surface area contributed by atoms with Crippen LogP contribution in [0.15, 0.2) is 35.2 Å². The van der Waals surface area contributed by atoms with Crippen molar-refractivity contribution in [3.8, 4) is 5.75 Å². The van der Waals surface area contributed by atoms with Crippen molar-refractivity contribution >= 4 is 15.7 Å². The highest BCUT2D eigenvalue weighted by atomic mass is 32.2. The van der Waals surface area contributed by atoms with Gasteiger partial charge in [-0.05, 0) is 31.0 Å². The summed E-state index contributed by atoms with van der Waals surface area (Å²) in [6, 6.07) is 3.77. The Hall–Kier alpha value is -1.53. The van der Waals surface area contributed by atoms with Gasteiger partial charge in [0.25, 0.3) is 0 Å². The van der Waals surface area contributed by atoms with E-state index in [-0.39, 0.29) is 22.4 Å². The summed E-state index contributed by atoms with van der Waals surface area (Å²) in [5, 5.41) is 9.24. The molecule has 0 aromatic heterocycles. The molecule has 2 rings (SSSR count). The average molecular weight is 254 g/mol. The van der Waals surface area contributed by atoms with Crippen molar-refractivity contribution in [2.75, 3.05) is 5.73 Å². The van der Waals surface area contributed by atoms with E-state index in [0.717, 1.165) is 0 Å². The van der Waals surface area contributed by atoms with Crippen LogP contribution >= 0.6 is 0 Å². The highest BCUT2D eigenvalue weighted by molar-refractivity contribution is 7.89. The van der Waals surface area contributed by atoms with Crippen molar-refractivity contribution in [1.82, 2.24) is 4.72 Å². The van der Waals surface area contributed by atoms with Crippen LogP contribution in [0.4, 0.5) is 5.69 Å². The molecule has 0 saturated heterocycles. The van der Waals surface area contributed by atoms with E-state index in [9.17, 15) is 13.5 Å². The van der Waals surface area contributed by atoms with Crippen LogP contribution in [0.2, 0.25) is 0 Å². The second kappa shape index (κ2) is 4.38. The number of nitrogens with two attached hydrogens (primary N) is 1. The summed E-state index contributed by atoms with van der Waals surface area (Å²) >= 11 is 0. The molecule has 1 aliphatic carbocycles. The monoisotopic (exact) mass is 254 g/mol. The molecule has 0 radical (unpaired) electrons. The maximum Gasteiger partial charge on any atom is 0.240 e. The molecule has 0 aliphatic heterocycles. The first kappa shape index (κ1) is 11.9. The van der Waals surface area contributed by atoms with E-state index in [2.05, 4.69) is 4.72 Å². The van der Waals surface area contributed by atoms with Gasteiger partial charge in [-0.3, -0.25) is 0 Å². The molecule has 0 fully saturated rings. The minimum Gasteiger partial charge on any atom is -0.506 e. The lowest BCUT2D eigenvalue weighted by atomic mass is 10.3. The van der Waals surface area contributed by atoms with Crippen LogP contribution < -0.4 is 10.5 Å². The first-order chi connectivity index (χ1) is 7.99. The lowest BCUT2D eigenvalue weighted by Gasteiger charge is -2.13. The van der Waals surface area contributed by atoms with Crippen LogP contribution in [0, 0.1) is 0 Å². The zero-order chi connectivity index (χ0) is 12.5. The number of hydrogen-bond acceptors (Lipinski definition) is 4. The zero-order valence-electron chi connectivity index (χ0n) is 9.13. The first-order valence-corrected chi connectivity index (χ1v) is 6.73. The highest BCUT2D eigenvalue weighted by Gasteiger charge is 2.21. The summed E-state index contributed by atoms with van der Waals surface area (Å²) in [7, 11) is -3.56. The zero-order valence-corrected chi connectivity index (χ0v) is 9.94. The van der Waals surface area contributed by atoms with E-state index in [1.807, 2.05) is 12.2 Å². The van der Waals surface area contributed by atoms with E-state index >= 15 is 0 Å². The van der Waals surface area contributed by atoms with E-state index in [0.29, 0.717) is 12.8 Å². The van der Waals surface area contributed by atoms with Crippen LogP contribution in [-0.2, 0) is 10.0 Å². The lowest BCUT2D eigenvalue weighted by molar-refractivity contribution is 0.477. The van der Waals surface area contributed by atoms with Crippen molar-refractivity contribution in [3.05, 3.63) is 30.4 Å². The van der Waals surface area contributed by atoms with Crippen molar-refractivity contribution < 1.29 is 13.5 Å². The summed E-state index contributed by atoms with van der Waals surface area (Å²) in [6.45, 7) is 0. The van der Waals surface area contributed by atoms with E-state index in [1.54, 1.807) is 0 Å². The number of hydrogen-bond donors (Lipinski definition) is 3. The minimum absolute atomic E-state index is 0.0532. The molecular weight excluding hydrogens is 240 g/mol. The third kappa shape index (κ3) is 2.59. The van der Waals surface area contributed by atoms with Crippen molar-refractivity contribution in [1.29, 1.82) is 0 Å². The maximum absolute atomic E-state index is 12.0. The number of phenolic OH excluding ortho intramolecular Hbond substituents is 1. The predicted molar refractivity (Wildman–Crippen MR) is 65.0 cm³/mol. The Morgan fingerprint density at radius 2 is 1.94 bits per heavy atom.